The Morgan fingerprint density at radius 3 is 2.47 bits per heavy atom. The van der Waals surface area contributed by atoms with Crippen molar-refractivity contribution in [2.24, 2.45) is 11.8 Å². The topological polar surface area (TPSA) is 108 Å². The molecule has 0 aromatic carbocycles. The Kier molecular flexibility index (Phi) is 7.25. The van der Waals surface area contributed by atoms with Gasteiger partial charge in [0, 0.05) is 25.2 Å². The first-order valence-electron chi connectivity index (χ1n) is 12.3. The summed E-state index contributed by atoms with van der Waals surface area (Å²) < 4.78 is 6.69. The van der Waals surface area contributed by atoms with Gasteiger partial charge in [0.05, 0.1) is 17.4 Å². The Morgan fingerprint density at radius 2 is 1.88 bits per heavy atom. The van der Waals surface area contributed by atoms with Crippen LogP contribution in [0.1, 0.15) is 79.6 Å². The van der Waals surface area contributed by atoms with E-state index in [-0.39, 0.29) is 24.3 Å². The first-order valence-corrected chi connectivity index (χ1v) is 12.3. The molecule has 2 bridgehead atoms. The Morgan fingerprint density at radius 1 is 1.16 bits per heavy atom. The summed E-state index contributed by atoms with van der Waals surface area (Å²) in [5.41, 5.74) is -2.11. The number of rotatable bonds is 10. The highest BCUT2D eigenvalue weighted by Gasteiger charge is 2.78. The number of nitrogens with zero attached hydrogens (tertiary/aromatic N) is 1. The van der Waals surface area contributed by atoms with Crippen LogP contribution in [0.15, 0.2) is 0 Å². The minimum absolute atomic E-state index is 0.107. The summed E-state index contributed by atoms with van der Waals surface area (Å²) in [7, 11) is 0. The summed E-state index contributed by atoms with van der Waals surface area (Å²) in [6.07, 6.45) is 4.85. The highest BCUT2D eigenvalue weighted by molar-refractivity contribution is 5.99. The van der Waals surface area contributed by atoms with Crippen molar-refractivity contribution in [3.05, 3.63) is 0 Å². The molecule has 3 rings (SSSR count). The summed E-state index contributed by atoms with van der Waals surface area (Å²) in [4.78, 5) is 42.3. The standard InChI is InChI=1S/C24H41N3O5/c1-6-13-25-19(29)16-17-21(31)27(14-9-8-10-15-28)18(20(30)26-22(3,4)5)24(17)12-11-23(16,7-2)32-24/h16-18,28H,6-15H2,1-5H3,(H,25,29)(H,26,30)/t16-,17-,18?,23+,24?/m0/s1. The van der Waals surface area contributed by atoms with Crippen LogP contribution in [0.3, 0.4) is 0 Å². The van der Waals surface area contributed by atoms with Crippen LogP contribution in [-0.4, -0.2) is 70.2 Å². The molecular weight excluding hydrogens is 410 g/mol. The van der Waals surface area contributed by atoms with Gasteiger partial charge in [-0.05, 0) is 65.7 Å². The number of fused-ring (bicyclic) bond motifs is 1. The monoisotopic (exact) mass is 451 g/mol. The summed E-state index contributed by atoms with van der Waals surface area (Å²) in [5, 5.41) is 15.2. The molecule has 32 heavy (non-hydrogen) atoms. The van der Waals surface area contributed by atoms with Crippen molar-refractivity contribution >= 4 is 17.7 Å². The Labute approximate surface area is 191 Å². The molecule has 0 aliphatic carbocycles. The third kappa shape index (κ3) is 4.16. The Balaban J connectivity index is 1.98. The summed E-state index contributed by atoms with van der Waals surface area (Å²) >= 11 is 0. The third-order valence-corrected chi connectivity index (χ3v) is 7.32. The van der Waals surface area contributed by atoms with Gasteiger partial charge in [-0.1, -0.05) is 13.8 Å². The zero-order valence-corrected chi connectivity index (χ0v) is 20.3. The Hall–Kier alpha value is -1.67. The van der Waals surface area contributed by atoms with Crippen LogP contribution in [0, 0.1) is 11.8 Å². The van der Waals surface area contributed by atoms with Gasteiger partial charge in [0.25, 0.3) is 0 Å². The fraction of sp³-hybridized carbons (Fsp3) is 0.875. The number of likely N-dealkylation sites (tertiary alicyclic amines) is 1. The molecule has 182 valence electrons. The molecule has 8 nitrogen and oxygen atoms in total. The minimum Gasteiger partial charge on any atom is -0.396 e. The summed E-state index contributed by atoms with van der Waals surface area (Å²) in [6, 6.07) is -0.745. The van der Waals surface area contributed by atoms with Crippen molar-refractivity contribution < 1.29 is 24.2 Å². The predicted octanol–water partition coefficient (Wildman–Crippen LogP) is 1.74. The van der Waals surface area contributed by atoms with E-state index in [1.54, 1.807) is 4.90 Å². The normalized spacial score (nSPS) is 33.5. The van der Waals surface area contributed by atoms with Crippen LogP contribution in [0.5, 0.6) is 0 Å². The second kappa shape index (κ2) is 9.29. The maximum absolute atomic E-state index is 13.8. The van der Waals surface area contributed by atoms with Crippen LogP contribution in [0.2, 0.25) is 0 Å². The number of aliphatic hydroxyl groups is 1. The van der Waals surface area contributed by atoms with E-state index in [4.69, 9.17) is 9.84 Å². The van der Waals surface area contributed by atoms with Gasteiger partial charge >= 0.3 is 0 Å². The lowest BCUT2D eigenvalue weighted by molar-refractivity contribution is -0.148. The molecule has 0 aromatic heterocycles. The zero-order valence-electron chi connectivity index (χ0n) is 20.3. The van der Waals surface area contributed by atoms with Gasteiger partial charge in [0.15, 0.2) is 0 Å². The molecule has 2 unspecified atom stereocenters. The maximum Gasteiger partial charge on any atom is 0.246 e. The van der Waals surface area contributed by atoms with Gasteiger partial charge in [-0.3, -0.25) is 14.4 Å². The van der Waals surface area contributed by atoms with Crippen molar-refractivity contribution in [2.45, 2.75) is 102 Å². The molecule has 0 saturated carbocycles. The highest BCUT2D eigenvalue weighted by atomic mass is 16.5. The summed E-state index contributed by atoms with van der Waals surface area (Å²) in [5.74, 6) is -1.70. The van der Waals surface area contributed by atoms with E-state index >= 15 is 0 Å². The maximum atomic E-state index is 13.8. The number of hydrogen-bond donors (Lipinski definition) is 3. The molecule has 5 atom stereocenters. The number of nitrogens with one attached hydrogen (secondary N) is 2. The number of aliphatic hydroxyl groups excluding tert-OH is 1. The first-order chi connectivity index (χ1) is 15.1. The average Bonchev–Trinajstić information content (AvgIpc) is 3.32. The van der Waals surface area contributed by atoms with Crippen molar-refractivity contribution in [3.8, 4) is 0 Å². The fourth-order valence-corrected chi connectivity index (χ4v) is 6.02. The lowest BCUT2D eigenvalue weighted by Crippen LogP contribution is -2.58. The molecule has 3 heterocycles. The lowest BCUT2D eigenvalue weighted by atomic mass is 9.65. The van der Waals surface area contributed by atoms with Gasteiger partial charge < -0.3 is 25.4 Å². The number of unbranched alkanes of at least 4 members (excludes halogenated alkanes) is 2. The molecule has 8 heteroatoms. The second-order valence-electron chi connectivity index (χ2n) is 10.7. The number of hydrogen-bond acceptors (Lipinski definition) is 5. The fourth-order valence-electron chi connectivity index (χ4n) is 6.02. The number of carbonyl (C=O) groups is 3. The van der Waals surface area contributed by atoms with Crippen LogP contribution in [0.25, 0.3) is 0 Å². The molecule has 3 fully saturated rings. The van der Waals surface area contributed by atoms with E-state index in [1.807, 2.05) is 34.6 Å². The largest absolute Gasteiger partial charge is 0.396 e. The zero-order chi connectivity index (χ0) is 23.7. The SMILES string of the molecule is CCCNC(=O)[C@@H]1[C@H]2C(=O)N(CCCCCO)C(C(=O)NC(C)(C)C)C23CC[C@@]1(CC)O3. The van der Waals surface area contributed by atoms with Gasteiger partial charge in [-0.25, -0.2) is 0 Å². The van der Waals surface area contributed by atoms with E-state index in [1.165, 1.54) is 0 Å². The van der Waals surface area contributed by atoms with Crippen LogP contribution in [-0.2, 0) is 19.1 Å². The molecule has 1 spiro atoms. The number of ether oxygens (including phenoxy) is 1. The van der Waals surface area contributed by atoms with E-state index in [0.29, 0.717) is 45.2 Å². The molecule has 3 aliphatic heterocycles. The van der Waals surface area contributed by atoms with E-state index < -0.39 is 34.6 Å². The van der Waals surface area contributed by atoms with Crippen molar-refractivity contribution in [2.75, 3.05) is 19.7 Å². The van der Waals surface area contributed by atoms with Crippen molar-refractivity contribution in [1.82, 2.24) is 15.5 Å². The van der Waals surface area contributed by atoms with Gasteiger partial charge in [-0.2, -0.15) is 0 Å². The number of amides is 3. The molecule has 3 N–H and O–H groups in total. The molecular formula is C24H41N3O5. The molecule has 3 amide bonds. The van der Waals surface area contributed by atoms with Crippen molar-refractivity contribution in [3.63, 3.8) is 0 Å². The van der Waals surface area contributed by atoms with Crippen LogP contribution in [0.4, 0.5) is 0 Å². The Bertz CT molecular complexity index is 736. The molecule has 0 radical (unpaired) electrons. The van der Waals surface area contributed by atoms with E-state index in [2.05, 4.69) is 10.6 Å². The van der Waals surface area contributed by atoms with Crippen molar-refractivity contribution in [1.29, 1.82) is 0 Å². The second-order valence-corrected chi connectivity index (χ2v) is 10.7. The van der Waals surface area contributed by atoms with E-state index in [9.17, 15) is 14.4 Å². The molecule has 0 aromatic rings. The van der Waals surface area contributed by atoms with Gasteiger partial charge in [-0.15, -0.1) is 0 Å². The minimum atomic E-state index is -0.965. The van der Waals surface area contributed by atoms with Gasteiger partial charge in [0.1, 0.15) is 11.6 Å². The van der Waals surface area contributed by atoms with Crippen LogP contribution < -0.4 is 10.6 Å². The quantitative estimate of drug-likeness (QED) is 0.439. The molecule has 3 saturated heterocycles. The third-order valence-electron chi connectivity index (χ3n) is 7.32. The van der Waals surface area contributed by atoms with E-state index in [0.717, 1.165) is 12.8 Å². The highest BCUT2D eigenvalue weighted by Crippen LogP contribution is 2.64. The van der Waals surface area contributed by atoms with Crippen LogP contribution >= 0.6 is 0 Å². The lowest BCUT2D eigenvalue weighted by Gasteiger charge is -2.35. The average molecular weight is 452 g/mol. The number of carbonyl (C=O) groups excluding carboxylic acids is 3. The predicted molar refractivity (Wildman–Crippen MR) is 121 cm³/mol. The summed E-state index contributed by atoms with van der Waals surface area (Å²) in [6.45, 7) is 10.8. The molecule has 3 aliphatic rings. The van der Waals surface area contributed by atoms with Gasteiger partial charge in [0.2, 0.25) is 17.7 Å². The first kappa shape index (κ1) is 25.0. The smallest absolute Gasteiger partial charge is 0.246 e.